The van der Waals surface area contributed by atoms with E-state index in [0.717, 1.165) is 11.1 Å². The summed E-state index contributed by atoms with van der Waals surface area (Å²) >= 11 is 0. The van der Waals surface area contributed by atoms with Crippen LogP contribution in [0.25, 0.3) is 0 Å². The summed E-state index contributed by atoms with van der Waals surface area (Å²) in [5.74, 6) is -1.17. The Labute approximate surface area is 177 Å². The van der Waals surface area contributed by atoms with E-state index in [1.165, 1.54) is 5.56 Å². The smallest absolute Gasteiger partial charge is 0.407 e. The summed E-state index contributed by atoms with van der Waals surface area (Å²) in [6.07, 6.45) is -0.452. The van der Waals surface area contributed by atoms with Gasteiger partial charge in [-0.2, -0.15) is 0 Å². The fourth-order valence-corrected chi connectivity index (χ4v) is 2.77. The van der Waals surface area contributed by atoms with E-state index in [9.17, 15) is 14.4 Å². The second-order valence-corrected chi connectivity index (χ2v) is 8.09. The van der Waals surface area contributed by atoms with Gasteiger partial charge in [0.05, 0.1) is 0 Å². The summed E-state index contributed by atoms with van der Waals surface area (Å²) in [5.41, 5.74) is 8.34. The van der Waals surface area contributed by atoms with Gasteiger partial charge in [0.2, 0.25) is 11.8 Å². The average Bonchev–Trinajstić information content (AvgIpc) is 2.70. The van der Waals surface area contributed by atoms with Crippen molar-refractivity contribution >= 4 is 17.9 Å². The Morgan fingerprint density at radius 3 is 2.17 bits per heavy atom. The SMILES string of the molecule is CC(C)(C)c1ccc(C[C@@H](NC(=O)CNC(=O)OCc2ccccc2)C(N)=O)cc1. The average molecular weight is 412 g/mol. The molecule has 0 saturated carbocycles. The van der Waals surface area contributed by atoms with Crippen LogP contribution < -0.4 is 16.4 Å². The summed E-state index contributed by atoms with van der Waals surface area (Å²) in [7, 11) is 0. The molecule has 0 spiro atoms. The topological polar surface area (TPSA) is 111 Å². The molecule has 30 heavy (non-hydrogen) atoms. The van der Waals surface area contributed by atoms with Crippen LogP contribution in [0.1, 0.15) is 37.5 Å². The highest BCUT2D eigenvalue weighted by atomic mass is 16.5. The molecular formula is C23H29N3O4. The number of hydrogen-bond donors (Lipinski definition) is 3. The molecule has 3 amide bonds. The Kier molecular flexibility index (Phi) is 7.98. The first-order valence-corrected chi connectivity index (χ1v) is 9.78. The molecule has 0 saturated heterocycles. The van der Waals surface area contributed by atoms with E-state index in [4.69, 9.17) is 10.5 Å². The molecule has 0 bridgehead atoms. The lowest BCUT2D eigenvalue weighted by atomic mass is 9.86. The number of ether oxygens (including phenoxy) is 1. The van der Waals surface area contributed by atoms with E-state index in [1.54, 1.807) is 0 Å². The van der Waals surface area contributed by atoms with Crippen LogP contribution in [0.3, 0.4) is 0 Å². The highest BCUT2D eigenvalue weighted by Gasteiger charge is 2.20. The molecule has 2 aromatic rings. The van der Waals surface area contributed by atoms with Crippen molar-refractivity contribution in [2.75, 3.05) is 6.54 Å². The molecule has 0 fully saturated rings. The molecule has 160 valence electrons. The molecule has 0 aromatic heterocycles. The van der Waals surface area contributed by atoms with E-state index in [0.29, 0.717) is 0 Å². The largest absolute Gasteiger partial charge is 0.445 e. The van der Waals surface area contributed by atoms with Crippen LogP contribution in [-0.4, -0.2) is 30.5 Å². The normalized spacial score (nSPS) is 12.0. The molecule has 0 aliphatic carbocycles. The van der Waals surface area contributed by atoms with Crippen LogP contribution >= 0.6 is 0 Å². The third-order valence-corrected chi connectivity index (χ3v) is 4.54. The maximum atomic E-state index is 12.1. The highest BCUT2D eigenvalue weighted by molar-refractivity contribution is 5.88. The first-order valence-electron chi connectivity index (χ1n) is 9.78. The van der Waals surface area contributed by atoms with Gasteiger partial charge in [-0.3, -0.25) is 9.59 Å². The number of nitrogens with one attached hydrogen (secondary N) is 2. The third-order valence-electron chi connectivity index (χ3n) is 4.54. The first-order chi connectivity index (χ1) is 14.1. The molecule has 0 aliphatic rings. The highest BCUT2D eigenvalue weighted by Crippen LogP contribution is 2.22. The first kappa shape index (κ1) is 22.9. The Morgan fingerprint density at radius 2 is 1.60 bits per heavy atom. The van der Waals surface area contributed by atoms with Crippen molar-refractivity contribution in [2.24, 2.45) is 5.73 Å². The molecule has 1 atom stereocenters. The summed E-state index contributed by atoms with van der Waals surface area (Å²) in [5, 5.41) is 4.91. The van der Waals surface area contributed by atoms with Gasteiger partial charge >= 0.3 is 6.09 Å². The van der Waals surface area contributed by atoms with Gasteiger partial charge in [-0.1, -0.05) is 75.4 Å². The van der Waals surface area contributed by atoms with Crippen LogP contribution in [0.15, 0.2) is 54.6 Å². The number of alkyl carbamates (subject to hydrolysis) is 1. The maximum absolute atomic E-state index is 12.1. The minimum Gasteiger partial charge on any atom is -0.445 e. The van der Waals surface area contributed by atoms with Gasteiger partial charge in [0.25, 0.3) is 0 Å². The lowest BCUT2D eigenvalue weighted by Crippen LogP contribution is -2.49. The monoisotopic (exact) mass is 411 g/mol. The Morgan fingerprint density at radius 1 is 0.967 bits per heavy atom. The predicted molar refractivity (Wildman–Crippen MR) is 115 cm³/mol. The summed E-state index contributed by atoms with van der Waals surface area (Å²) < 4.78 is 5.04. The zero-order chi connectivity index (χ0) is 22.1. The Hall–Kier alpha value is -3.35. The van der Waals surface area contributed by atoms with Crippen molar-refractivity contribution in [3.63, 3.8) is 0 Å². The van der Waals surface area contributed by atoms with Gasteiger partial charge in [0.1, 0.15) is 19.2 Å². The number of nitrogens with two attached hydrogens (primary N) is 1. The fourth-order valence-electron chi connectivity index (χ4n) is 2.77. The van der Waals surface area contributed by atoms with E-state index < -0.39 is 23.9 Å². The maximum Gasteiger partial charge on any atom is 0.407 e. The van der Waals surface area contributed by atoms with Crippen molar-refractivity contribution in [3.05, 3.63) is 71.3 Å². The molecule has 2 aromatic carbocycles. The lowest BCUT2D eigenvalue weighted by Gasteiger charge is -2.20. The fraction of sp³-hybridized carbons (Fsp3) is 0.348. The second kappa shape index (κ2) is 10.4. The zero-order valence-electron chi connectivity index (χ0n) is 17.6. The molecule has 7 heteroatoms. The van der Waals surface area contributed by atoms with Crippen LogP contribution in [0, 0.1) is 0 Å². The van der Waals surface area contributed by atoms with Gasteiger partial charge in [0.15, 0.2) is 0 Å². The van der Waals surface area contributed by atoms with Crippen molar-refractivity contribution in [2.45, 2.75) is 45.3 Å². The molecule has 2 rings (SSSR count). The molecule has 0 aliphatic heterocycles. The third kappa shape index (κ3) is 7.58. The van der Waals surface area contributed by atoms with Crippen molar-refractivity contribution in [1.82, 2.24) is 10.6 Å². The molecular weight excluding hydrogens is 382 g/mol. The Bertz CT molecular complexity index is 858. The van der Waals surface area contributed by atoms with E-state index in [-0.39, 0.29) is 25.0 Å². The minimum absolute atomic E-state index is 0.0244. The van der Waals surface area contributed by atoms with Crippen LogP contribution in [-0.2, 0) is 32.8 Å². The second-order valence-electron chi connectivity index (χ2n) is 8.09. The van der Waals surface area contributed by atoms with Crippen molar-refractivity contribution in [3.8, 4) is 0 Å². The number of carbonyl (C=O) groups excluding carboxylic acids is 3. The van der Waals surface area contributed by atoms with Crippen LogP contribution in [0.5, 0.6) is 0 Å². The number of carbonyl (C=O) groups is 3. The minimum atomic E-state index is -0.875. The number of amides is 3. The van der Waals surface area contributed by atoms with Gasteiger partial charge in [-0.25, -0.2) is 4.79 Å². The summed E-state index contributed by atoms with van der Waals surface area (Å²) in [4.78, 5) is 35.6. The van der Waals surface area contributed by atoms with Gasteiger partial charge in [-0.05, 0) is 22.1 Å². The van der Waals surface area contributed by atoms with E-state index in [2.05, 4.69) is 31.4 Å². The zero-order valence-corrected chi connectivity index (χ0v) is 17.6. The molecule has 0 heterocycles. The molecule has 0 radical (unpaired) electrons. The van der Waals surface area contributed by atoms with E-state index >= 15 is 0 Å². The molecule has 0 unspecified atom stereocenters. The molecule has 4 N–H and O–H groups in total. The Balaban J connectivity index is 1.82. The van der Waals surface area contributed by atoms with Crippen LogP contribution in [0.4, 0.5) is 4.79 Å². The van der Waals surface area contributed by atoms with Gasteiger partial charge in [0, 0.05) is 6.42 Å². The predicted octanol–water partition coefficient (Wildman–Crippen LogP) is 2.42. The molecule has 7 nitrogen and oxygen atoms in total. The number of benzene rings is 2. The summed E-state index contributed by atoms with van der Waals surface area (Å²) in [6, 6.07) is 16.1. The van der Waals surface area contributed by atoms with Crippen LogP contribution in [0.2, 0.25) is 0 Å². The van der Waals surface area contributed by atoms with Gasteiger partial charge < -0.3 is 21.1 Å². The lowest BCUT2D eigenvalue weighted by molar-refractivity contribution is -0.126. The van der Waals surface area contributed by atoms with Crippen molar-refractivity contribution in [1.29, 1.82) is 0 Å². The van der Waals surface area contributed by atoms with E-state index in [1.807, 2.05) is 54.6 Å². The number of rotatable bonds is 8. The quantitative estimate of drug-likeness (QED) is 0.619. The number of primary amides is 1. The summed E-state index contributed by atoms with van der Waals surface area (Å²) in [6.45, 7) is 6.13. The van der Waals surface area contributed by atoms with Crippen molar-refractivity contribution < 1.29 is 19.1 Å². The van der Waals surface area contributed by atoms with Gasteiger partial charge in [-0.15, -0.1) is 0 Å². The standard InChI is InChI=1S/C23H29N3O4/c1-23(2,3)18-11-9-16(10-12-18)13-19(21(24)28)26-20(27)14-25-22(29)30-15-17-7-5-4-6-8-17/h4-12,19H,13-15H2,1-3H3,(H2,24,28)(H,25,29)(H,26,27)/t19-/m1/s1. The number of hydrogen-bond acceptors (Lipinski definition) is 4.